The molecule has 0 amide bonds. The number of hydrogen-bond donors (Lipinski definition) is 1. The lowest BCUT2D eigenvalue weighted by atomic mass is 10.4. The average Bonchev–Trinajstić information content (AvgIpc) is 3.07. The minimum absolute atomic E-state index is 0.694. The second-order valence-corrected chi connectivity index (χ2v) is 4.87. The third-order valence-corrected chi connectivity index (χ3v) is 3.37. The van der Waals surface area contributed by atoms with Crippen LogP contribution in [0.25, 0.3) is 0 Å². The third-order valence-electron chi connectivity index (χ3n) is 3.37. The molecule has 0 unspecified atom stereocenters. The summed E-state index contributed by atoms with van der Waals surface area (Å²) < 4.78 is 4.83. The first kappa shape index (κ1) is 13.9. The molecule has 19 heavy (non-hydrogen) atoms. The van der Waals surface area contributed by atoms with E-state index in [4.69, 9.17) is 4.52 Å². The second-order valence-electron chi connectivity index (χ2n) is 4.87. The largest absolute Gasteiger partial charge is 0.364 e. The minimum atomic E-state index is 0.694. The molecule has 6 heteroatoms. The monoisotopic (exact) mass is 265 g/mol. The molecule has 106 valence electrons. The van der Waals surface area contributed by atoms with Gasteiger partial charge in [-0.05, 0) is 25.9 Å². The fourth-order valence-electron chi connectivity index (χ4n) is 2.35. The Balaban J connectivity index is 1.72. The van der Waals surface area contributed by atoms with Gasteiger partial charge in [-0.25, -0.2) is 0 Å². The second kappa shape index (κ2) is 7.13. The lowest BCUT2D eigenvalue weighted by Crippen LogP contribution is -2.41. The SMILES string of the molecule is CN=C(NCCN1CCCC1)N(C)Cc1ccon1. The molecule has 0 radical (unpaired) electrons. The van der Waals surface area contributed by atoms with Gasteiger partial charge >= 0.3 is 0 Å². The van der Waals surface area contributed by atoms with Crippen LogP contribution >= 0.6 is 0 Å². The number of aliphatic imine (C=N–C) groups is 1. The van der Waals surface area contributed by atoms with Crippen molar-refractivity contribution in [3.8, 4) is 0 Å². The van der Waals surface area contributed by atoms with Crippen LogP contribution in [0.15, 0.2) is 21.8 Å². The smallest absolute Gasteiger partial charge is 0.193 e. The standard InChI is InChI=1S/C13H23N5O/c1-14-13(15-6-9-18-7-3-4-8-18)17(2)11-12-5-10-19-16-12/h5,10H,3-4,6-9,11H2,1-2H3,(H,14,15). The summed E-state index contributed by atoms with van der Waals surface area (Å²) in [7, 11) is 3.80. The van der Waals surface area contributed by atoms with E-state index in [-0.39, 0.29) is 0 Å². The van der Waals surface area contributed by atoms with Crippen molar-refractivity contribution in [2.75, 3.05) is 40.3 Å². The van der Waals surface area contributed by atoms with Gasteiger partial charge in [-0.1, -0.05) is 5.16 Å². The fourth-order valence-corrected chi connectivity index (χ4v) is 2.35. The highest BCUT2D eigenvalue weighted by molar-refractivity contribution is 5.79. The molecule has 6 nitrogen and oxygen atoms in total. The van der Waals surface area contributed by atoms with Gasteiger partial charge in [0.2, 0.25) is 0 Å². The molecule has 0 aromatic carbocycles. The Hall–Kier alpha value is -1.56. The molecule has 0 bridgehead atoms. The summed E-state index contributed by atoms with van der Waals surface area (Å²) in [6.45, 7) is 5.16. The van der Waals surface area contributed by atoms with E-state index < -0.39 is 0 Å². The van der Waals surface area contributed by atoms with Crippen molar-refractivity contribution in [3.63, 3.8) is 0 Å². The zero-order valence-corrected chi connectivity index (χ0v) is 11.8. The Morgan fingerprint density at radius 1 is 1.53 bits per heavy atom. The highest BCUT2D eigenvalue weighted by Crippen LogP contribution is 2.05. The average molecular weight is 265 g/mol. The third kappa shape index (κ3) is 4.24. The number of likely N-dealkylation sites (tertiary alicyclic amines) is 1. The molecule has 0 saturated carbocycles. The molecule has 1 N–H and O–H groups in total. The normalized spacial score (nSPS) is 16.8. The van der Waals surface area contributed by atoms with Crippen molar-refractivity contribution < 1.29 is 4.52 Å². The molecular formula is C13H23N5O. The van der Waals surface area contributed by atoms with Crippen LogP contribution in [-0.4, -0.2) is 61.2 Å². The van der Waals surface area contributed by atoms with E-state index in [1.165, 1.54) is 25.9 Å². The number of guanidine groups is 1. The van der Waals surface area contributed by atoms with Gasteiger partial charge in [0.1, 0.15) is 12.0 Å². The maximum Gasteiger partial charge on any atom is 0.193 e. The Bertz CT molecular complexity index is 384. The van der Waals surface area contributed by atoms with Crippen LogP contribution < -0.4 is 5.32 Å². The molecule has 1 aromatic heterocycles. The summed E-state index contributed by atoms with van der Waals surface area (Å²) in [5, 5.41) is 7.29. The Morgan fingerprint density at radius 2 is 2.32 bits per heavy atom. The lowest BCUT2D eigenvalue weighted by molar-refractivity contribution is 0.339. The summed E-state index contributed by atoms with van der Waals surface area (Å²) in [4.78, 5) is 8.81. The van der Waals surface area contributed by atoms with Crippen LogP contribution in [0, 0.1) is 0 Å². The molecule has 2 heterocycles. The predicted molar refractivity (Wildman–Crippen MR) is 75.0 cm³/mol. The van der Waals surface area contributed by atoms with Crippen LogP contribution in [-0.2, 0) is 6.54 Å². The van der Waals surface area contributed by atoms with Gasteiger partial charge in [-0.2, -0.15) is 0 Å². The quantitative estimate of drug-likeness (QED) is 0.630. The van der Waals surface area contributed by atoms with Crippen LogP contribution in [0.5, 0.6) is 0 Å². The van der Waals surface area contributed by atoms with E-state index in [9.17, 15) is 0 Å². The van der Waals surface area contributed by atoms with Gasteiger partial charge in [0, 0.05) is 33.3 Å². The van der Waals surface area contributed by atoms with Crippen molar-refractivity contribution in [2.24, 2.45) is 4.99 Å². The molecule has 0 spiro atoms. The zero-order valence-electron chi connectivity index (χ0n) is 11.8. The first-order valence-electron chi connectivity index (χ1n) is 6.83. The van der Waals surface area contributed by atoms with Crippen molar-refractivity contribution in [3.05, 3.63) is 18.0 Å². The van der Waals surface area contributed by atoms with Gasteiger partial charge in [-0.3, -0.25) is 4.99 Å². The van der Waals surface area contributed by atoms with Crippen LogP contribution in [0.1, 0.15) is 18.5 Å². The summed E-state index contributed by atoms with van der Waals surface area (Å²) in [6, 6.07) is 1.87. The highest BCUT2D eigenvalue weighted by Gasteiger charge is 2.12. The summed E-state index contributed by atoms with van der Waals surface area (Å²) in [5.41, 5.74) is 0.907. The molecule has 1 aromatic rings. The van der Waals surface area contributed by atoms with Crippen LogP contribution in [0.3, 0.4) is 0 Å². The zero-order chi connectivity index (χ0) is 13.5. The number of nitrogens with one attached hydrogen (secondary N) is 1. The number of aromatic nitrogens is 1. The lowest BCUT2D eigenvalue weighted by Gasteiger charge is -2.22. The van der Waals surface area contributed by atoms with Gasteiger partial charge in [0.25, 0.3) is 0 Å². The summed E-state index contributed by atoms with van der Waals surface area (Å²) >= 11 is 0. The van der Waals surface area contributed by atoms with Gasteiger partial charge in [0.05, 0.1) is 6.54 Å². The van der Waals surface area contributed by atoms with Gasteiger partial charge in [-0.15, -0.1) is 0 Å². The molecule has 0 atom stereocenters. The molecule has 1 saturated heterocycles. The first-order valence-corrected chi connectivity index (χ1v) is 6.83. The Morgan fingerprint density at radius 3 is 2.95 bits per heavy atom. The van der Waals surface area contributed by atoms with Gasteiger partial charge in [0.15, 0.2) is 5.96 Å². The number of rotatable bonds is 5. The fraction of sp³-hybridized carbons (Fsp3) is 0.692. The van der Waals surface area contributed by atoms with Gasteiger partial charge < -0.3 is 19.6 Å². The molecule has 1 aliphatic heterocycles. The Kier molecular flexibility index (Phi) is 5.20. The predicted octanol–water partition coefficient (Wildman–Crippen LogP) is 0.778. The van der Waals surface area contributed by atoms with Crippen molar-refractivity contribution >= 4 is 5.96 Å². The van der Waals surface area contributed by atoms with Crippen molar-refractivity contribution in [2.45, 2.75) is 19.4 Å². The molecule has 1 aliphatic rings. The topological polar surface area (TPSA) is 56.9 Å². The molecule has 2 rings (SSSR count). The van der Waals surface area contributed by atoms with E-state index in [0.717, 1.165) is 24.7 Å². The van der Waals surface area contributed by atoms with E-state index >= 15 is 0 Å². The molecule has 0 aliphatic carbocycles. The summed E-state index contributed by atoms with van der Waals surface area (Å²) in [5.74, 6) is 0.891. The van der Waals surface area contributed by atoms with E-state index in [1.54, 1.807) is 13.3 Å². The van der Waals surface area contributed by atoms with Crippen molar-refractivity contribution in [1.82, 2.24) is 20.3 Å². The minimum Gasteiger partial charge on any atom is -0.364 e. The summed E-state index contributed by atoms with van der Waals surface area (Å²) in [6.07, 6.45) is 4.26. The maximum atomic E-state index is 4.83. The van der Waals surface area contributed by atoms with Crippen LogP contribution in [0.4, 0.5) is 0 Å². The molecular weight excluding hydrogens is 242 g/mol. The van der Waals surface area contributed by atoms with E-state index in [0.29, 0.717) is 6.54 Å². The van der Waals surface area contributed by atoms with Crippen molar-refractivity contribution in [1.29, 1.82) is 0 Å². The first-order chi connectivity index (χ1) is 9.29. The molecule has 1 fully saturated rings. The maximum absolute atomic E-state index is 4.83. The van der Waals surface area contributed by atoms with Crippen LogP contribution in [0.2, 0.25) is 0 Å². The highest BCUT2D eigenvalue weighted by atomic mass is 16.5. The number of nitrogens with zero attached hydrogens (tertiary/aromatic N) is 4. The Labute approximate surface area is 114 Å². The van der Waals surface area contributed by atoms with E-state index in [1.807, 2.05) is 18.0 Å². The van der Waals surface area contributed by atoms with E-state index in [2.05, 4.69) is 20.4 Å². The number of hydrogen-bond acceptors (Lipinski definition) is 4.